The zero-order valence-corrected chi connectivity index (χ0v) is 26.1. The van der Waals surface area contributed by atoms with Crippen LogP contribution in [-0.4, -0.2) is 73.5 Å². The monoisotopic (exact) mass is 598 g/mol. The van der Waals surface area contributed by atoms with Gasteiger partial charge in [-0.1, -0.05) is 6.07 Å². The Morgan fingerprint density at radius 1 is 1.16 bits per heavy atom. The van der Waals surface area contributed by atoms with Crippen LogP contribution in [0.3, 0.4) is 0 Å². The highest BCUT2D eigenvalue weighted by molar-refractivity contribution is 5.82. The first kappa shape index (κ1) is 31.2. The van der Waals surface area contributed by atoms with Gasteiger partial charge in [0.25, 0.3) is 0 Å². The van der Waals surface area contributed by atoms with E-state index in [0.717, 1.165) is 35.4 Å². The highest BCUT2D eigenvalue weighted by atomic mass is 16.8. The van der Waals surface area contributed by atoms with Crippen molar-refractivity contribution in [2.24, 2.45) is 5.92 Å². The van der Waals surface area contributed by atoms with Gasteiger partial charge in [0.05, 0.1) is 18.9 Å². The summed E-state index contributed by atoms with van der Waals surface area (Å²) in [6.07, 6.45) is 7.10. The van der Waals surface area contributed by atoms with Crippen LogP contribution in [0.25, 0.3) is 5.70 Å². The Balaban J connectivity index is 1.39. The third kappa shape index (κ3) is 7.82. The molecule has 1 aliphatic carbocycles. The predicted octanol–water partition coefficient (Wildman–Crippen LogP) is 5.10. The van der Waals surface area contributed by atoms with Crippen LogP contribution >= 0.6 is 0 Å². The van der Waals surface area contributed by atoms with Gasteiger partial charge in [0.2, 0.25) is 0 Å². The smallest absolute Gasteiger partial charge is 0.411 e. The Hall–Kier alpha value is -3.28. The number of benzene rings is 1. The molecule has 43 heavy (non-hydrogen) atoms. The molecule has 2 N–H and O–H groups in total. The second kappa shape index (κ2) is 13.6. The summed E-state index contributed by atoms with van der Waals surface area (Å²) in [5.74, 6) is 0.141. The average Bonchev–Trinajstić information content (AvgIpc) is 3.80. The molecular weight excluding hydrogens is 552 g/mol. The molecule has 5 rings (SSSR count). The second-order valence-electron chi connectivity index (χ2n) is 12.5. The zero-order valence-electron chi connectivity index (χ0n) is 26.1. The van der Waals surface area contributed by atoms with Crippen LogP contribution in [0.5, 0.6) is 0 Å². The standard InChI is InChI=1S/C32H46N4O7/c1-6-41-30(37)28-14-12-25(18-35(28)31(38)43-32(2,3)4)33-24-11-13-26-23(16-24)19-40-15-7-8-22-17-27(21-9-10-21)34-36(29(22)26)42-20-39-5/h11,13,16-17,21,25,28,33-34H,6-10,12,14-15,18-20H2,1-5H3/t25-,28+/m1/s1. The summed E-state index contributed by atoms with van der Waals surface area (Å²) in [6, 6.07) is 5.50. The van der Waals surface area contributed by atoms with Crippen LogP contribution < -0.4 is 10.7 Å². The van der Waals surface area contributed by atoms with Crippen LogP contribution in [0.15, 0.2) is 35.5 Å². The van der Waals surface area contributed by atoms with E-state index in [1.54, 1.807) is 19.2 Å². The molecule has 4 aliphatic rings. The van der Waals surface area contributed by atoms with E-state index in [9.17, 15) is 9.59 Å². The molecule has 1 aromatic rings. The Morgan fingerprint density at radius 2 is 1.98 bits per heavy atom. The van der Waals surface area contributed by atoms with E-state index in [0.29, 0.717) is 38.5 Å². The predicted molar refractivity (Wildman–Crippen MR) is 161 cm³/mol. The first-order chi connectivity index (χ1) is 20.7. The first-order valence-corrected chi connectivity index (χ1v) is 15.4. The van der Waals surface area contributed by atoms with Gasteiger partial charge in [-0.05, 0) is 95.6 Å². The number of hydroxylamine groups is 1. The first-order valence-electron chi connectivity index (χ1n) is 15.4. The number of fused-ring (bicyclic) bond motifs is 2. The SMILES string of the molecule is CCOC(=O)[C@@H]1CC[C@@H](Nc2ccc3c(c2)COCCCC2=C3N(OCOC)NC(C3CC3)=C2)CN1C(=O)OC(C)(C)C. The summed E-state index contributed by atoms with van der Waals surface area (Å²) in [5.41, 5.74) is 9.14. The van der Waals surface area contributed by atoms with Crippen molar-refractivity contribution in [2.75, 3.05) is 39.0 Å². The molecular formula is C32H46N4O7. The molecule has 1 saturated heterocycles. The number of esters is 1. The van der Waals surface area contributed by atoms with Crippen molar-refractivity contribution in [3.05, 3.63) is 46.7 Å². The lowest BCUT2D eigenvalue weighted by Crippen LogP contribution is -2.55. The Bertz CT molecular complexity index is 1240. The highest BCUT2D eigenvalue weighted by Crippen LogP contribution is 2.41. The van der Waals surface area contributed by atoms with Crippen molar-refractivity contribution >= 4 is 23.4 Å². The number of ether oxygens (including phenoxy) is 4. The number of methoxy groups -OCH3 is 1. The minimum atomic E-state index is -0.678. The van der Waals surface area contributed by atoms with Gasteiger partial charge >= 0.3 is 12.1 Å². The number of piperidine rings is 1. The quantitative estimate of drug-likeness (QED) is 0.310. The fourth-order valence-corrected chi connectivity index (χ4v) is 5.78. The van der Waals surface area contributed by atoms with Crippen molar-refractivity contribution in [3.8, 4) is 0 Å². The third-order valence-electron chi connectivity index (χ3n) is 7.88. The summed E-state index contributed by atoms with van der Waals surface area (Å²) in [6.45, 7) is 9.04. The summed E-state index contributed by atoms with van der Waals surface area (Å²) in [5, 5.41) is 5.37. The minimum Gasteiger partial charge on any atom is -0.464 e. The van der Waals surface area contributed by atoms with E-state index >= 15 is 0 Å². The highest BCUT2D eigenvalue weighted by Gasteiger charge is 2.39. The number of likely N-dealkylation sites (tertiary alicyclic amines) is 1. The van der Waals surface area contributed by atoms with Gasteiger partial charge in [-0.2, -0.15) is 5.17 Å². The topological polar surface area (TPSA) is 111 Å². The van der Waals surface area contributed by atoms with E-state index in [4.69, 9.17) is 23.8 Å². The summed E-state index contributed by atoms with van der Waals surface area (Å²) >= 11 is 0. The number of hydrogen-bond acceptors (Lipinski definition) is 10. The van der Waals surface area contributed by atoms with Gasteiger partial charge in [0.15, 0.2) is 6.79 Å². The van der Waals surface area contributed by atoms with Crippen LogP contribution in [0.2, 0.25) is 0 Å². The van der Waals surface area contributed by atoms with Crippen LogP contribution in [0.1, 0.15) is 77.3 Å². The Kier molecular flexibility index (Phi) is 9.83. The van der Waals surface area contributed by atoms with E-state index in [1.807, 2.05) is 26.8 Å². The van der Waals surface area contributed by atoms with Gasteiger partial charge in [0.1, 0.15) is 11.6 Å². The van der Waals surface area contributed by atoms with Crippen molar-refractivity contribution < 1.29 is 33.4 Å². The number of nitrogens with zero attached hydrogens (tertiary/aromatic N) is 2. The molecule has 0 radical (unpaired) electrons. The molecule has 0 spiro atoms. The lowest BCUT2D eigenvalue weighted by atomic mass is 9.95. The van der Waals surface area contributed by atoms with E-state index in [2.05, 4.69) is 29.0 Å². The van der Waals surface area contributed by atoms with Gasteiger partial charge in [-0.15, -0.1) is 0 Å². The Labute approximate surface area is 254 Å². The summed E-state index contributed by atoms with van der Waals surface area (Å²) < 4.78 is 22.3. The van der Waals surface area contributed by atoms with Gasteiger partial charge in [-0.25, -0.2) is 14.4 Å². The van der Waals surface area contributed by atoms with Crippen molar-refractivity contribution in [3.63, 3.8) is 0 Å². The largest absolute Gasteiger partial charge is 0.464 e. The number of carbonyl (C=O) groups excluding carboxylic acids is 2. The molecule has 2 atom stereocenters. The summed E-state index contributed by atoms with van der Waals surface area (Å²) in [4.78, 5) is 33.4. The van der Waals surface area contributed by atoms with Crippen LogP contribution in [-0.2, 0) is 35.2 Å². The molecule has 0 aromatic heterocycles. The molecule has 236 valence electrons. The molecule has 11 heteroatoms. The van der Waals surface area contributed by atoms with E-state index < -0.39 is 23.7 Å². The number of nitrogens with one attached hydrogen (secondary N) is 2. The van der Waals surface area contributed by atoms with Gasteiger partial charge in [0, 0.05) is 49.2 Å². The molecule has 1 saturated carbocycles. The fraction of sp³-hybridized carbons (Fsp3) is 0.625. The van der Waals surface area contributed by atoms with E-state index in [-0.39, 0.29) is 19.4 Å². The molecule has 11 nitrogen and oxygen atoms in total. The second-order valence-corrected chi connectivity index (χ2v) is 12.5. The van der Waals surface area contributed by atoms with Gasteiger partial charge < -0.3 is 24.3 Å². The molecule has 1 aromatic carbocycles. The molecule has 3 heterocycles. The maximum Gasteiger partial charge on any atom is 0.411 e. The number of hydrazine groups is 1. The number of rotatable bonds is 8. The molecule has 3 aliphatic heterocycles. The number of allylic oxidation sites excluding steroid dienone is 3. The normalized spacial score (nSPS) is 22.7. The van der Waals surface area contributed by atoms with Crippen molar-refractivity contribution in [2.45, 2.75) is 90.5 Å². The molecule has 0 unspecified atom stereocenters. The lowest BCUT2D eigenvalue weighted by molar-refractivity contribution is -0.204. The lowest BCUT2D eigenvalue weighted by Gasteiger charge is -2.39. The van der Waals surface area contributed by atoms with Gasteiger partial charge in [-0.3, -0.25) is 10.3 Å². The number of amides is 1. The number of carbonyl (C=O) groups is 2. The maximum absolute atomic E-state index is 13.1. The maximum atomic E-state index is 13.1. The fourth-order valence-electron chi connectivity index (χ4n) is 5.78. The molecule has 0 bridgehead atoms. The molecule has 1 amide bonds. The van der Waals surface area contributed by atoms with E-state index in [1.165, 1.54) is 29.0 Å². The van der Waals surface area contributed by atoms with Crippen LogP contribution in [0.4, 0.5) is 10.5 Å². The average molecular weight is 599 g/mol. The third-order valence-corrected chi connectivity index (χ3v) is 7.88. The van der Waals surface area contributed by atoms with Crippen molar-refractivity contribution in [1.82, 2.24) is 15.5 Å². The van der Waals surface area contributed by atoms with Crippen LogP contribution in [0, 0.1) is 5.92 Å². The summed E-state index contributed by atoms with van der Waals surface area (Å²) in [7, 11) is 1.62. The number of hydrogen-bond donors (Lipinski definition) is 2. The minimum absolute atomic E-state index is 0.0785. The Morgan fingerprint density at radius 3 is 2.70 bits per heavy atom. The molecule has 2 fully saturated rings. The number of anilines is 1. The zero-order chi connectivity index (χ0) is 30.6. The van der Waals surface area contributed by atoms with Crippen molar-refractivity contribution in [1.29, 1.82) is 0 Å².